The first-order valence-electron chi connectivity index (χ1n) is 10.6. The van der Waals surface area contributed by atoms with Gasteiger partial charge < -0.3 is 14.2 Å². The molecule has 1 aromatic carbocycles. The lowest BCUT2D eigenvalue weighted by Crippen LogP contribution is -2.63. The maximum Gasteiger partial charge on any atom is 0.340 e. The Morgan fingerprint density at radius 3 is 2.36 bits per heavy atom. The first-order valence-corrected chi connectivity index (χ1v) is 12.2. The largest absolute Gasteiger partial charge is 0.388 e. The minimum Gasteiger partial charge on any atom is -0.388 e. The van der Waals surface area contributed by atoms with Crippen LogP contribution in [0.15, 0.2) is 41.5 Å². The van der Waals surface area contributed by atoms with E-state index in [0.717, 1.165) is 24.8 Å². The van der Waals surface area contributed by atoms with Crippen LogP contribution < -0.4 is 0 Å². The molecule has 0 aliphatic heterocycles. The Labute approximate surface area is 169 Å². The lowest BCUT2D eigenvalue weighted by atomic mass is 9.60. The molecular weight excluding hydrogens is 371 g/mol. The molecule has 4 nitrogen and oxygen atoms in total. The lowest BCUT2D eigenvalue weighted by molar-refractivity contribution is -0.0725. The van der Waals surface area contributed by atoms with Crippen LogP contribution in [-0.2, 0) is 20.0 Å². The van der Waals surface area contributed by atoms with Crippen molar-refractivity contribution < 1.29 is 18.7 Å². The van der Waals surface area contributed by atoms with Gasteiger partial charge in [0.15, 0.2) is 0 Å². The van der Waals surface area contributed by atoms with Crippen molar-refractivity contribution in [1.82, 2.24) is 0 Å². The summed E-state index contributed by atoms with van der Waals surface area (Å²) >= 11 is 0. The van der Waals surface area contributed by atoms with Gasteiger partial charge >= 0.3 is 7.60 Å². The third-order valence-electron chi connectivity index (χ3n) is 6.87. The number of benzene rings is 1. The molecule has 28 heavy (non-hydrogen) atoms. The highest BCUT2D eigenvalue weighted by Gasteiger charge is 2.68. The van der Waals surface area contributed by atoms with Gasteiger partial charge in [-0.15, -0.1) is 0 Å². The van der Waals surface area contributed by atoms with E-state index in [2.05, 4.69) is 13.8 Å². The van der Waals surface area contributed by atoms with Crippen LogP contribution in [0, 0.1) is 5.92 Å². The predicted octanol–water partition coefficient (Wildman–Crippen LogP) is 5.90. The van der Waals surface area contributed by atoms with E-state index in [1.165, 1.54) is 11.1 Å². The molecule has 3 atom stereocenters. The van der Waals surface area contributed by atoms with Crippen LogP contribution in [0.5, 0.6) is 0 Å². The van der Waals surface area contributed by atoms with Gasteiger partial charge in [-0.25, -0.2) is 0 Å². The summed E-state index contributed by atoms with van der Waals surface area (Å²) in [4.78, 5) is 0. The average molecular weight is 407 g/mol. The molecule has 0 radical (unpaired) electrons. The predicted molar refractivity (Wildman–Crippen MR) is 114 cm³/mol. The lowest BCUT2D eigenvalue weighted by Gasteiger charge is -2.58. The number of rotatable bonds is 7. The summed E-state index contributed by atoms with van der Waals surface area (Å²) in [5.74, 6) is 0.0996. The summed E-state index contributed by atoms with van der Waals surface area (Å²) in [6.45, 7) is 8.60. The highest BCUT2D eigenvalue weighted by atomic mass is 31.2. The Kier molecular flexibility index (Phi) is 6.56. The quantitative estimate of drug-likeness (QED) is 0.453. The Morgan fingerprint density at radius 2 is 1.75 bits per heavy atom. The van der Waals surface area contributed by atoms with Crippen LogP contribution in [-0.4, -0.2) is 29.1 Å². The molecule has 0 saturated heterocycles. The summed E-state index contributed by atoms with van der Waals surface area (Å²) in [5, 5.41) is 11.3. The second-order valence-electron chi connectivity index (χ2n) is 8.48. The summed E-state index contributed by atoms with van der Waals surface area (Å²) < 4.78 is 26.2. The fourth-order valence-electron chi connectivity index (χ4n) is 5.51. The number of allylic oxidation sites excluding steroid dienone is 2. The number of fused-ring (bicyclic) bond motifs is 1. The molecule has 1 fully saturated rings. The molecule has 0 amide bonds. The van der Waals surface area contributed by atoms with Crippen molar-refractivity contribution >= 4 is 7.60 Å². The molecule has 1 N–H and O–H groups in total. The fraction of sp³-hybridized carbons (Fsp3) is 0.652. The topological polar surface area (TPSA) is 55.8 Å². The van der Waals surface area contributed by atoms with E-state index in [9.17, 15) is 9.67 Å². The Hall–Kier alpha value is -0.930. The monoisotopic (exact) mass is 406 g/mol. The van der Waals surface area contributed by atoms with Gasteiger partial charge in [0.05, 0.1) is 18.8 Å². The molecule has 1 saturated carbocycles. The molecule has 2 aliphatic rings. The standard InChI is InChI=1S/C23H35O4P/c1-5-26-28(25,27-6-2)23-16-19(4)18(3)15-21(23)13-10-14-22(23,24)17-20-11-8-7-9-12-20/h7-9,11-12,21,24H,5-6,10,13-17H2,1-4H3/t21-,22+,23-/m0/s1. The Morgan fingerprint density at radius 1 is 1.11 bits per heavy atom. The van der Waals surface area contributed by atoms with Crippen LogP contribution >= 0.6 is 7.60 Å². The van der Waals surface area contributed by atoms with Gasteiger partial charge in [0.2, 0.25) is 0 Å². The van der Waals surface area contributed by atoms with E-state index >= 15 is 0 Å². The van der Waals surface area contributed by atoms with Crippen LogP contribution in [0.4, 0.5) is 0 Å². The van der Waals surface area contributed by atoms with Crippen molar-refractivity contribution in [3.8, 4) is 0 Å². The SMILES string of the molecule is CCOP(=O)(OCC)[C@@]12CC(C)=C(C)C[C@@H]1CCC[C@@]2(O)Cc1ccccc1. The molecule has 2 aliphatic carbocycles. The zero-order chi connectivity index (χ0) is 20.4. The minimum absolute atomic E-state index is 0.0996. The van der Waals surface area contributed by atoms with E-state index in [-0.39, 0.29) is 5.92 Å². The van der Waals surface area contributed by atoms with Crippen molar-refractivity contribution in [1.29, 1.82) is 0 Å². The van der Waals surface area contributed by atoms with Gasteiger partial charge in [0.25, 0.3) is 0 Å². The molecule has 5 heteroatoms. The second kappa shape index (κ2) is 8.44. The fourth-order valence-corrected chi connectivity index (χ4v) is 8.53. The van der Waals surface area contributed by atoms with Crippen LogP contribution in [0.1, 0.15) is 65.4 Å². The number of hydrogen-bond acceptors (Lipinski definition) is 4. The zero-order valence-electron chi connectivity index (χ0n) is 17.7. The van der Waals surface area contributed by atoms with Crippen molar-refractivity contribution in [3.63, 3.8) is 0 Å². The molecule has 0 heterocycles. The Bertz CT molecular complexity index is 749. The van der Waals surface area contributed by atoms with Crippen LogP contribution in [0.2, 0.25) is 0 Å². The molecule has 0 bridgehead atoms. The zero-order valence-corrected chi connectivity index (χ0v) is 18.6. The molecule has 3 rings (SSSR count). The van der Waals surface area contributed by atoms with Crippen molar-refractivity contribution in [2.75, 3.05) is 13.2 Å². The van der Waals surface area contributed by atoms with Crippen LogP contribution in [0.3, 0.4) is 0 Å². The summed E-state index contributed by atoms with van der Waals surface area (Å²) in [7, 11) is -3.55. The third kappa shape index (κ3) is 3.54. The van der Waals surface area contributed by atoms with Gasteiger partial charge in [-0.2, -0.15) is 0 Å². The van der Waals surface area contributed by atoms with E-state index in [1.54, 1.807) is 0 Å². The minimum atomic E-state index is -3.55. The van der Waals surface area contributed by atoms with Gasteiger partial charge in [-0.3, -0.25) is 4.57 Å². The van der Waals surface area contributed by atoms with E-state index in [0.29, 0.717) is 32.5 Å². The smallest absolute Gasteiger partial charge is 0.340 e. The summed E-state index contributed by atoms with van der Waals surface area (Å²) in [6.07, 6.45) is 4.40. The van der Waals surface area contributed by atoms with E-state index in [1.807, 2.05) is 44.2 Å². The van der Waals surface area contributed by atoms with Gasteiger partial charge in [0.1, 0.15) is 5.16 Å². The van der Waals surface area contributed by atoms with Crippen molar-refractivity contribution in [2.24, 2.45) is 5.92 Å². The van der Waals surface area contributed by atoms with Gasteiger partial charge in [-0.05, 0) is 64.9 Å². The highest BCUT2D eigenvalue weighted by Crippen LogP contribution is 2.73. The molecule has 0 aromatic heterocycles. The van der Waals surface area contributed by atoms with Crippen molar-refractivity contribution in [2.45, 2.75) is 77.0 Å². The normalized spacial score (nSPS) is 31.0. The molecule has 0 spiro atoms. The molecule has 1 aromatic rings. The number of hydrogen-bond donors (Lipinski definition) is 1. The average Bonchev–Trinajstić information content (AvgIpc) is 2.65. The van der Waals surface area contributed by atoms with Crippen molar-refractivity contribution in [3.05, 3.63) is 47.0 Å². The maximum absolute atomic E-state index is 14.4. The first kappa shape index (κ1) is 21.8. The maximum atomic E-state index is 14.4. The summed E-state index contributed by atoms with van der Waals surface area (Å²) in [5.41, 5.74) is 2.50. The second-order valence-corrected chi connectivity index (χ2v) is 10.8. The number of aliphatic hydroxyl groups is 1. The first-order chi connectivity index (χ1) is 13.3. The molecule has 0 unspecified atom stereocenters. The van der Waals surface area contributed by atoms with E-state index < -0.39 is 18.4 Å². The van der Waals surface area contributed by atoms with Gasteiger partial charge in [0, 0.05) is 6.42 Å². The third-order valence-corrected chi connectivity index (χ3v) is 9.98. The highest BCUT2D eigenvalue weighted by molar-refractivity contribution is 7.55. The summed E-state index contributed by atoms with van der Waals surface area (Å²) in [6, 6.07) is 10.0. The Balaban J connectivity index is 2.18. The molecular formula is C23H35O4P. The van der Waals surface area contributed by atoms with Crippen LogP contribution in [0.25, 0.3) is 0 Å². The van der Waals surface area contributed by atoms with Gasteiger partial charge in [-0.1, -0.05) is 47.9 Å². The molecule has 156 valence electrons. The van der Waals surface area contributed by atoms with E-state index in [4.69, 9.17) is 9.05 Å².